The van der Waals surface area contributed by atoms with Crippen LogP contribution in [0, 0.1) is 0 Å². The smallest absolute Gasteiger partial charge is 0.408 e. The van der Waals surface area contributed by atoms with Crippen LogP contribution in [-0.2, 0) is 4.79 Å². The van der Waals surface area contributed by atoms with Gasteiger partial charge in [0, 0.05) is 5.69 Å². The highest BCUT2D eigenvalue weighted by atomic mass is 16.4. The number of hydrogen-bond donors (Lipinski definition) is 2. The third kappa shape index (κ3) is 1.52. The van der Waals surface area contributed by atoms with Gasteiger partial charge in [0.05, 0.1) is 12.1 Å². The number of fused-ring (bicyclic) bond motifs is 1. The summed E-state index contributed by atoms with van der Waals surface area (Å²) in [5, 5.41) is 2.86. The van der Waals surface area contributed by atoms with Crippen LogP contribution in [0.1, 0.15) is 0 Å². The molecule has 2 rings (SSSR count). The molecule has 0 saturated heterocycles. The highest BCUT2D eigenvalue weighted by molar-refractivity contribution is 5.77. The minimum Gasteiger partial charge on any atom is -0.408 e. The molecule has 0 amide bonds. The molecule has 0 aliphatic heterocycles. The number of H-pyrrole nitrogens is 1. The molecule has 0 fully saturated rings. The monoisotopic (exact) mass is 192 g/mol. The van der Waals surface area contributed by atoms with Gasteiger partial charge in [-0.1, -0.05) is 0 Å². The fourth-order valence-corrected chi connectivity index (χ4v) is 1.22. The first-order chi connectivity index (χ1) is 6.79. The number of aromatic nitrogens is 1. The van der Waals surface area contributed by atoms with Crippen molar-refractivity contribution in [3.63, 3.8) is 0 Å². The summed E-state index contributed by atoms with van der Waals surface area (Å²) >= 11 is 0. The van der Waals surface area contributed by atoms with E-state index >= 15 is 0 Å². The molecular weight excluding hydrogens is 184 g/mol. The molecule has 0 bridgehead atoms. The second-order valence-corrected chi connectivity index (χ2v) is 2.77. The molecule has 72 valence electrons. The van der Waals surface area contributed by atoms with Gasteiger partial charge < -0.3 is 14.5 Å². The lowest BCUT2D eigenvalue weighted by molar-refractivity contribution is -0.106. The van der Waals surface area contributed by atoms with Gasteiger partial charge in [0.2, 0.25) is 0 Å². The van der Waals surface area contributed by atoms with Crippen LogP contribution in [0.25, 0.3) is 11.1 Å². The highest BCUT2D eigenvalue weighted by Gasteiger charge is 2.00. The fraction of sp³-hybridized carbons (Fsp3) is 0.111. The second kappa shape index (κ2) is 3.37. The Labute approximate surface area is 78.7 Å². The zero-order valence-electron chi connectivity index (χ0n) is 7.24. The largest absolute Gasteiger partial charge is 0.417 e. The average Bonchev–Trinajstić information content (AvgIpc) is 2.54. The van der Waals surface area contributed by atoms with Crippen LogP contribution in [0.3, 0.4) is 0 Å². The van der Waals surface area contributed by atoms with Crippen molar-refractivity contribution in [2.45, 2.75) is 0 Å². The Morgan fingerprint density at radius 2 is 2.36 bits per heavy atom. The quantitative estimate of drug-likeness (QED) is 0.703. The number of rotatable bonds is 3. The summed E-state index contributed by atoms with van der Waals surface area (Å²) in [5.74, 6) is -0.479. The van der Waals surface area contributed by atoms with Gasteiger partial charge in [-0.15, -0.1) is 0 Å². The second-order valence-electron chi connectivity index (χ2n) is 2.77. The summed E-state index contributed by atoms with van der Waals surface area (Å²) in [4.78, 5) is 23.4. The summed E-state index contributed by atoms with van der Waals surface area (Å²) in [6, 6.07) is 5.12. The zero-order chi connectivity index (χ0) is 9.97. The zero-order valence-corrected chi connectivity index (χ0v) is 7.24. The first-order valence-electron chi connectivity index (χ1n) is 4.10. The van der Waals surface area contributed by atoms with Crippen LogP contribution in [0.2, 0.25) is 0 Å². The number of benzene rings is 1. The van der Waals surface area contributed by atoms with Gasteiger partial charge in [-0.05, 0) is 18.2 Å². The maximum atomic E-state index is 10.8. The van der Waals surface area contributed by atoms with Crippen molar-refractivity contribution in [1.29, 1.82) is 0 Å². The van der Waals surface area contributed by atoms with E-state index in [1.54, 1.807) is 18.2 Å². The molecule has 0 spiro atoms. The molecule has 0 radical (unpaired) electrons. The molecule has 5 nitrogen and oxygen atoms in total. The van der Waals surface area contributed by atoms with E-state index in [-0.39, 0.29) is 6.54 Å². The standard InChI is InChI=1S/C9H8N2O3/c12-4-3-10-6-1-2-8-7(5-6)11-9(13)14-8/h1-2,4-5,10H,3H2,(H,11,13). The molecule has 0 unspecified atom stereocenters. The van der Waals surface area contributed by atoms with E-state index in [4.69, 9.17) is 4.42 Å². The van der Waals surface area contributed by atoms with Gasteiger partial charge >= 0.3 is 5.76 Å². The van der Waals surface area contributed by atoms with E-state index in [0.29, 0.717) is 11.1 Å². The van der Waals surface area contributed by atoms with Crippen LogP contribution >= 0.6 is 0 Å². The minimum atomic E-state index is -0.479. The summed E-state index contributed by atoms with van der Waals surface area (Å²) in [6.45, 7) is 0.244. The predicted molar refractivity (Wildman–Crippen MR) is 51.4 cm³/mol. The Balaban J connectivity index is 2.40. The number of nitrogens with one attached hydrogen (secondary N) is 2. The number of oxazole rings is 1. The van der Waals surface area contributed by atoms with Crippen molar-refractivity contribution in [1.82, 2.24) is 4.98 Å². The van der Waals surface area contributed by atoms with Crippen LogP contribution in [-0.4, -0.2) is 17.8 Å². The number of aldehydes is 1. The molecule has 1 aromatic carbocycles. The fourth-order valence-electron chi connectivity index (χ4n) is 1.22. The number of carbonyl (C=O) groups is 1. The number of anilines is 1. The van der Waals surface area contributed by atoms with Gasteiger partial charge in [-0.3, -0.25) is 4.98 Å². The molecule has 5 heteroatoms. The third-order valence-electron chi connectivity index (χ3n) is 1.81. The van der Waals surface area contributed by atoms with Gasteiger partial charge in [0.25, 0.3) is 0 Å². The SMILES string of the molecule is O=CCNc1ccc2oc(=O)[nH]c2c1. The molecule has 2 N–H and O–H groups in total. The topological polar surface area (TPSA) is 75.1 Å². The lowest BCUT2D eigenvalue weighted by atomic mass is 10.3. The Bertz CT molecular complexity index is 512. The van der Waals surface area contributed by atoms with Crippen molar-refractivity contribution in [2.24, 2.45) is 0 Å². The summed E-state index contributed by atoms with van der Waals surface area (Å²) in [7, 11) is 0. The Morgan fingerprint density at radius 1 is 1.50 bits per heavy atom. The molecule has 0 aliphatic carbocycles. The van der Waals surface area contributed by atoms with Crippen molar-refractivity contribution in [3.05, 3.63) is 28.7 Å². The summed E-state index contributed by atoms with van der Waals surface area (Å²) in [5.41, 5.74) is 1.89. The normalized spacial score (nSPS) is 10.3. The van der Waals surface area contributed by atoms with Gasteiger partial charge in [-0.25, -0.2) is 4.79 Å². The van der Waals surface area contributed by atoms with E-state index in [1.165, 1.54) is 0 Å². The molecule has 14 heavy (non-hydrogen) atoms. The average molecular weight is 192 g/mol. The third-order valence-corrected chi connectivity index (χ3v) is 1.81. The molecule has 0 atom stereocenters. The first-order valence-corrected chi connectivity index (χ1v) is 4.10. The van der Waals surface area contributed by atoms with Crippen molar-refractivity contribution >= 4 is 23.1 Å². The van der Waals surface area contributed by atoms with E-state index in [0.717, 1.165) is 12.0 Å². The van der Waals surface area contributed by atoms with E-state index < -0.39 is 5.76 Å². The molecule has 1 aromatic heterocycles. The molecular formula is C9H8N2O3. The lowest BCUT2D eigenvalue weighted by Crippen LogP contribution is -2.01. The van der Waals surface area contributed by atoms with Crippen LogP contribution < -0.4 is 11.1 Å². The van der Waals surface area contributed by atoms with E-state index in [9.17, 15) is 9.59 Å². The van der Waals surface area contributed by atoms with Crippen LogP contribution in [0.15, 0.2) is 27.4 Å². The highest BCUT2D eigenvalue weighted by Crippen LogP contribution is 2.15. The van der Waals surface area contributed by atoms with Crippen LogP contribution in [0.4, 0.5) is 5.69 Å². The maximum absolute atomic E-state index is 10.8. The lowest BCUT2D eigenvalue weighted by Gasteiger charge is -2.00. The van der Waals surface area contributed by atoms with Crippen molar-refractivity contribution < 1.29 is 9.21 Å². The summed E-state index contributed by atoms with van der Waals surface area (Å²) < 4.78 is 4.82. The van der Waals surface area contributed by atoms with Gasteiger partial charge in [0.1, 0.15) is 6.29 Å². The number of aromatic amines is 1. The maximum Gasteiger partial charge on any atom is 0.417 e. The van der Waals surface area contributed by atoms with Crippen LogP contribution in [0.5, 0.6) is 0 Å². The molecule has 2 aromatic rings. The van der Waals surface area contributed by atoms with Gasteiger partial charge in [-0.2, -0.15) is 0 Å². The number of carbonyl (C=O) groups excluding carboxylic acids is 1. The Hall–Kier alpha value is -2.04. The number of hydrogen-bond acceptors (Lipinski definition) is 4. The predicted octanol–water partition coefficient (Wildman–Crippen LogP) is 0.732. The van der Waals surface area contributed by atoms with E-state index in [2.05, 4.69) is 10.3 Å². The molecule has 1 heterocycles. The van der Waals surface area contributed by atoms with Crippen molar-refractivity contribution in [2.75, 3.05) is 11.9 Å². The first kappa shape index (κ1) is 8.55. The van der Waals surface area contributed by atoms with Crippen molar-refractivity contribution in [3.8, 4) is 0 Å². The summed E-state index contributed by atoms with van der Waals surface area (Å²) in [6.07, 6.45) is 0.766. The molecule has 0 saturated carbocycles. The van der Waals surface area contributed by atoms with Gasteiger partial charge in [0.15, 0.2) is 5.58 Å². The Morgan fingerprint density at radius 3 is 3.14 bits per heavy atom. The molecule has 0 aliphatic rings. The van der Waals surface area contributed by atoms with E-state index in [1.807, 2.05) is 0 Å². The Kier molecular flexibility index (Phi) is 2.06. The minimum absolute atomic E-state index is 0.244.